The SMILES string of the molecule is CC(F)c1cccc(C2CCNCC2)c1. The van der Waals surface area contributed by atoms with Gasteiger partial charge in [-0.25, -0.2) is 4.39 Å². The summed E-state index contributed by atoms with van der Waals surface area (Å²) in [6, 6.07) is 8.00. The number of benzene rings is 1. The van der Waals surface area contributed by atoms with Crippen LogP contribution in [-0.2, 0) is 0 Å². The topological polar surface area (TPSA) is 12.0 Å². The molecule has 1 nitrogen and oxygen atoms in total. The zero-order chi connectivity index (χ0) is 10.7. The summed E-state index contributed by atoms with van der Waals surface area (Å²) in [6.45, 7) is 3.77. The van der Waals surface area contributed by atoms with E-state index in [-0.39, 0.29) is 0 Å². The zero-order valence-electron chi connectivity index (χ0n) is 9.17. The van der Waals surface area contributed by atoms with Crippen molar-refractivity contribution in [3.05, 3.63) is 35.4 Å². The maximum Gasteiger partial charge on any atom is 0.122 e. The molecule has 82 valence electrons. The molecular weight excluding hydrogens is 189 g/mol. The normalized spacial score (nSPS) is 20.1. The average Bonchev–Trinajstić information content (AvgIpc) is 2.30. The number of nitrogens with one attached hydrogen (secondary N) is 1. The second kappa shape index (κ2) is 4.75. The highest BCUT2D eigenvalue weighted by Crippen LogP contribution is 2.27. The molecule has 0 amide bonds. The summed E-state index contributed by atoms with van der Waals surface area (Å²) in [4.78, 5) is 0. The van der Waals surface area contributed by atoms with Gasteiger partial charge in [-0.2, -0.15) is 0 Å². The van der Waals surface area contributed by atoms with Crippen molar-refractivity contribution in [2.75, 3.05) is 13.1 Å². The third-order valence-corrected chi connectivity index (χ3v) is 3.18. The summed E-state index contributed by atoms with van der Waals surface area (Å²) < 4.78 is 13.2. The van der Waals surface area contributed by atoms with Gasteiger partial charge in [-0.3, -0.25) is 0 Å². The van der Waals surface area contributed by atoms with Gasteiger partial charge in [0.25, 0.3) is 0 Å². The lowest BCUT2D eigenvalue weighted by molar-refractivity contribution is 0.373. The largest absolute Gasteiger partial charge is 0.317 e. The van der Waals surface area contributed by atoms with Crippen LogP contribution in [0.3, 0.4) is 0 Å². The molecule has 1 N–H and O–H groups in total. The van der Waals surface area contributed by atoms with Crippen molar-refractivity contribution in [2.45, 2.75) is 31.9 Å². The summed E-state index contributed by atoms with van der Waals surface area (Å²) in [5.74, 6) is 0.616. The minimum Gasteiger partial charge on any atom is -0.317 e. The van der Waals surface area contributed by atoms with Crippen LogP contribution >= 0.6 is 0 Å². The molecule has 0 spiro atoms. The van der Waals surface area contributed by atoms with Gasteiger partial charge in [-0.15, -0.1) is 0 Å². The fourth-order valence-electron chi connectivity index (χ4n) is 2.22. The van der Waals surface area contributed by atoms with E-state index in [1.165, 1.54) is 18.4 Å². The molecule has 0 radical (unpaired) electrons. The second-order valence-corrected chi connectivity index (χ2v) is 4.31. The minimum absolute atomic E-state index is 0.616. The Hall–Kier alpha value is -0.890. The fourth-order valence-corrected chi connectivity index (χ4v) is 2.22. The number of hydrogen-bond acceptors (Lipinski definition) is 1. The molecule has 1 heterocycles. The van der Waals surface area contributed by atoms with Crippen LogP contribution in [0.25, 0.3) is 0 Å². The number of halogens is 1. The average molecular weight is 207 g/mol. The monoisotopic (exact) mass is 207 g/mol. The fraction of sp³-hybridized carbons (Fsp3) is 0.538. The van der Waals surface area contributed by atoms with Crippen molar-refractivity contribution in [2.24, 2.45) is 0 Å². The van der Waals surface area contributed by atoms with Gasteiger partial charge in [0.1, 0.15) is 6.17 Å². The predicted molar refractivity (Wildman–Crippen MR) is 60.8 cm³/mol. The van der Waals surface area contributed by atoms with Crippen LogP contribution < -0.4 is 5.32 Å². The highest BCUT2D eigenvalue weighted by atomic mass is 19.1. The quantitative estimate of drug-likeness (QED) is 0.785. The molecule has 1 aromatic carbocycles. The Balaban J connectivity index is 2.16. The van der Waals surface area contributed by atoms with Gasteiger partial charge >= 0.3 is 0 Å². The highest BCUT2D eigenvalue weighted by molar-refractivity contribution is 5.28. The van der Waals surface area contributed by atoms with Crippen LogP contribution in [0, 0.1) is 0 Å². The van der Waals surface area contributed by atoms with E-state index >= 15 is 0 Å². The molecule has 0 saturated carbocycles. The first-order valence-corrected chi connectivity index (χ1v) is 5.72. The lowest BCUT2D eigenvalue weighted by Gasteiger charge is -2.23. The molecule has 1 unspecified atom stereocenters. The number of rotatable bonds is 2. The predicted octanol–water partition coefficient (Wildman–Crippen LogP) is 3.18. The summed E-state index contributed by atoms with van der Waals surface area (Å²) in [7, 11) is 0. The Morgan fingerprint density at radius 2 is 2.07 bits per heavy atom. The molecule has 0 bridgehead atoms. The van der Waals surface area contributed by atoms with Gasteiger partial charge in [-0.1, -0.05) is 24.3 Å². The van der Waals surface area contributed by atoms with Crippen LogP contribution in [0.1, 0.15) is 43.0 Å². The molecule has 1 atom stereocenters. The summed E-state index contributed by atoms with van der Waals surface area (Å²) in [5.41, 5.74) is 2.12. The zero-order valence-corrected chi connectivity index (χ0v) is 9.17. The van der Waals surface area contributed by atoms with E-state index in [1.54, 1.807) is 6.92 Å². The van der Waals surface area contributed by atoms with Crippen LogP contribution in [0.4, 0.5) is 4.39 Å². The first-order valence-electron chi connectivity index (χ1n) is 5.72. The maximum absolute atomic E-state index is 13.2. The summed E-state index contributed by atoms with van der Waals surface area (Å²) >= 11 is 0. The van der Waals surface area contributed by atoms with E-state index in [2.05, 4.69) is 11.4 Å². The van der Waals surface area contributed by atoms with Crippen molar-refractivity contribution in [1.82, 2.24) is 5.32 Å². The van der Waals surface area contributed by atoms with E-state index in [0.29, 0.717) is 5.92 Å². The third-order valence-electron chi connectivity index (χ3n) is 3.18. The highest BCUT2D eigenvalue weighted by Gasteiger charge is 2.15. The lowest BCUT2D eigenvalue weighted by Crippen LogP contribution is -2.26. The molecule has 1 aliphatic heterocycles. The molecule has 15 heavy (non-hydrogen) atoms. The number of hydrogen-bond donors (Lipinski definition) is 1. The standard InChI is InChI=1S/C13H18FN/c1-10(14)12-3-2-4-13(9-12)11-5-7-15-8-6-11/h2-4,9-11,15H,5-8H2,1H3. The summed E-state index contributed by atoms with van der Waals surface area (Å²) in [5, 5.41) is 3.35. The molecule has 1 fully saturated rings. The van der Waals surface area contributed by atoms with Gasteiger partial charge in [-0.05, 0) is 49.9 Å². The third kappa shape index (κ3) is 2.57. The molecule has 1 aliphatic rings. The van der Waals surface area contributed by atoms with Gasteiger partial charge in [0.15, 0.2) is 0 Å². The molecule has 0 aliphatic carbocycles. The molecule has 0 aromatic heterocycles. The number of piperidine rings is 1. The molecule has 2 heteroatoms. The van der Waals surface area contributed by atoms with E-state index in [0.717, 1.165) is 18.7 Å². The Morgan fingerprint density at radius 1 is 1.33 bits per heavy atom. The Labute approximate surface area is 90.7 Å². The van der Waals surface area contributed by atoms with Gasteiger partial charge in [0.05, 0.1) is 0 Å². The van der Waals surface area contributed by atoms with Crippen molar-refractivity contribution < 1.29 is 4.39 Å². The summed E-state index contributed by atoms with van der Waals surface area (Å²) in [6.07, 6.45) is 1.49. The molecular formula is C13H18FN. The van der Waals surface area contributed by atoms with Crippen LogP contribution in [-0.4, -0.2) is 13.1 Å². The van der Waals surface area contributed by atoms with Crippen molar-refractivity contribution in [3.8, 4) is 0 Å². The molecule has 1 aromatic rings. The second-order valence-electron chi connectivity index (χ2n) is 4.31. The van der Waals surface area contributed by atoms with Crippen molar-refractivity contribution in [1.29, 1.82) is 0 Å². The van der Waals surface area contributed by atoms with E-state index in [9.17, 15) is 4.39 Å². The minimum atomic E-state index is -0.855. The van der Waals surface area contributed by atoms with Crippen LogP contribution in [0.2, 0.25) is 0 Å². The maximum atomic E-state index is 13.2. The van der Waals surface area contributed by atoms with E-state index in [1.807, 2.05) is 18.2 Å². The van der Waals surface area contributed by atoms with Crippen LogP contribution in [0.15, 0.2) is 24.3 Å². The van der Waals surface area contributed by atoms with Crippen molar-refractivity contribution >= 4 is 0 Å². The Kier molecular flexibility index (Phi) is 3.37. The van der Waals surface area contributed by atoms with Gasteiger partial charge in [0, 0.05) is 0 Å². The van der Waals surface area contributed by atoms with Gasteiger partial charge in [0.2, 0.25) is 0 Å². The number of alkyl halides is 1. The van der Waals surface area contributed by atoms with E-state index in [4.69, 9.17) is 0 Å². The van der Waals surface area contributed by atoms with Crippen molar-refractivity contribution in [3.63, 3.8) is 0 Å². The Bertz CT molecular complexity index is 316. The first kappa shape index (κ1) is 10.6. The molecule has 1 saturated heterocycles. The Morgan fingerprint density at radius 3 is 2.73 bits per heavy atom. The smallest absolute Gasteiger partial charge is 0.122 e. The van der Waals surface area contributed by atoms with Gasteiger partial charge < -0.3 is 5.32 Å². The first-order chi connectivity index (χ1) is 7.27. The molecule has 2 rings (SSSR count). The van der Waals surface area contributed by atoms with E-state index < -0.39 is 6.17 Å². The lowest BCUT2D eigenvalue weighted by atomic mass is 9.89. The van der Waals surface area contributed by atoms with Crippen LogP contribution in [0.5, 0.6) is 0 Å².